The smallest absolute Gasteiger partial charge is 0.0625 e. The monoisotopic (exact) mass is 597 g/mol. The molecule has 0 N–H and O–H groups in total. The highest BCUT2D eigenvalue weighted by atomic mass is 15.1. The van der Waals surface area contributed by atoms with Crippen molar-refractivity contribution in [1.82, 2.24) is 0 Å². The minimum absolute atomic E-state index is 1.15. The molecule has 9 aromatic carbocycles. The van der Waals surface area contributed by atoms with E-state index in [9.17, 15) is 0 Å². The van der Waals surface area contributed by atoms with Crippen LogP contribution in [0.3, 0.4) is 0 Å². The molecule has 1 heteroatoms. The summed E-state index contributed by atoms with van der Waals surface area (Å²) in [4.78, 5) is 2.53. The summed E-state index contributed by atoms with van der Waals surface area (Å²) < 4.78 is 0. The lowest BCUT2D eigenvalue weighted by Crippen LogP contribution is -2.13. The Morgan fingerprint density at radius 1 is 0.255 bits per heavy atom. The summed E-state index contributed by atoms with van der Waals surface area (Å²) in [7, 11) is 0. The molecule has 0 aliphatic carbocycles. The maximum Gasteiger partial charge on any atom is 0.0625 e. The number of hydrogen-bond acceptors (Lipinski definition) is 1. The molecule has 9 rings (SSSR count). The quantitative estimate of drug-likeness (QED) is 0.178. The lowest BCUT2D eigenvalue weighted by molar-refractivity contribution is 1.33. The van der Waals surface area contributed by atoms with Crippen LogP contribution in [-0.2, 0) is 0 Å². The van der Waals surface area contributed by atoms with Gasteiger partial charge in [-0.2, -0.15) is 0 Å². The van der Waals surface area contributed by atoms with Crippen molar-refractivity contribution in [3.63, 3.8) is 0 Å². The van der Waals surface area contributed by atoms with Crippen LogP contribution in [0.15, 0.2) is 188 Å². The van der Waals surface area contributed by atoms with Gasteiger partial charge >= 0.3 is 0 Å². The Balaban J connectivity index is 1.44. The van der Waals surface area contributed by atoms with E-state index in [2.05, 4.69) is 193 Å². The highest BCUT2D eigenvalue weighted by molar-refractivity contribution is 6.24. The van der Waals surface area contributed by atoms with Gasteiger partial charge in [-0.1, -0.05) is 176 Å². The van der Waals surface area contributed by atoms with Crippen molar-refractivity contribution in [2.24, 2.45) is 0 Å². The van der Waals surface area contributed by atoms with Gasteiger partial charge in [0.2, 0.25) is 0 Å². The number of anilines is 3. The van der Waals surface area contributed by atoms with Crippen molar-refractivity contribution in [2.45, 2.75) is 0 Å². The van der Waals surface area contributed by atoms with Gasteiger partial charge in [-0.05, 0) is 55.8 Å². The van der Waals surface area contributed by atoms with Crippen LogP contribution in [-0.4, -0.2) is 0 Å². The van der Waals surface area contributed by atoms with Gasteiger partial charge in [0.25, 0.3) is 0 Å². The fourth-order valence-corrected chi connectivity index (χ4v) is 7.28. The Labute approximate surface area is 274 Å². The molecular weight excluding hydrogens is 567 g/mol. The molecule has 0 saturated carbocycles. The first-order chi connectivity index (χ1) is 23.3. The Hall–Kier alpha value is -6.18. The van der Waals surface area contributed by atoms with Gasteiger partial charge in [-0.15, -0.1) is 0 Å². The van der Waals surface area contributed by atoms with Crippen molar-refractivity contribution < 1.29 is 0 Å². The predicted molar refractivity (Wildman–Crippen MR) is 202 cm³/mol. The Bertz CT molecular complexity index is 2470. The van der Waals surface area contributed by atoms with E-state index in [-0.39, 0.29) is 0 Å². The first-order valence-electron chi connectivity index (χ1n) is 16.2. The average Bonchev–Trinajstić information content (AvgIpc) is 3.15. The molecular formula is C46H31N. The van der Waals surface area contributed by atoms with Crippen LogP contribution in [0.25, 0.3) is 65.3 Å². The SMILES string of the molecule is c1ccc(-c2ccc(-c3c(N(c4cccc5ccccc45)c4cccc5ccccc45)c4ccccc4c4ccccc34)cc2)cc1. The third kappa shape index (κ3) is 4.56. The molecule has 0 saturated heterocycles. The number of benzene rings is 9. The molecule has 0 aliphatic heterocycles. The topological polar surface area (TPSA) is 3.24 Å². The van der Waals surface area contributed by atoms with Crippen LogP contribution in [0.1, 0.15) is 0 Å². The van der Waals surface area contributed by atoms with Crippen molar-refractivity contribution in [3.05, 3.63) is 188 Å². The van der Waals surface area contributed by atoms with Crippen LogP contribution in [0, 0.1) is 0 Å². The zero-order valence-corrected chi connectivity index (χ0v) is 25.8. The number of hydrogen-bond donors (Lipinski definition) is 0. The van der Waals surface area contributed by atoms with Gasteiger partial charge in [0, 0.05) is 21.7 Å². The maximum atomic E-state index is 2.53. The van der Waals surface area contributed by atoms with Crippen LogP contribution >= 0.6 is 0 Å². The number of nitrogens with zero attached hydrogens (tertiary/aromatic N) is 1. The van der Waals surface area contributed by atoms with E-state index < -0.39 is 0 Å². The van der Waals surface area contributed by atoms with Gasteiger partial charge in [0.15, 0.2) is 0 Å². The minimum atomic E-state index is 1.15. The first kappa shape index (κ1) is 27.2. The molecule has 0 fully saturated rings. The molecule has 220 valence electrons. The summed E-state index contributed by atoms with van der Waals surface area (Å²) >= 11 is 0. The Kier molecular flexibility index (Phi) is 6.54. The summed E-state index contributed by atoms with van der Waals surface area (Å²) in [5, 5.41) is 9.81. The van der Waals surface area contributed by atoms with E-state index in [0.29, 0.717) is 0 Å². The fraction of sp³-hybridized carbons (Fsp3) is 0. The largest absolute Gasteiger partial charge is 0.308 e. The van der Waals surface area contributed by atoms with Gasteiger partial charge in [0.1, 0.15) is 0 Å². The molecule has 0 bridgehead atoms. The highest BCUT2D eigenvalue weighted by Crippen LogP contribution is 2.51. The summed E-state index contributed by atoms with van der Waals surface area (Å²) in [6.45, 7) is 0. The molecule has 9 aromatic rings. The van der Waals surface area contributed by atoms with E-state index in [4.69, 9.17) is 0 Å². The van der Waals surface area contributed by atoms with Crippen LogP contribution in [0.5, 0.6) is 0 Å². The summed E-state index contributed by atoms with van der Waals surface area (Å²) in [6, 6.07) is 68.3. The van der Waals surface area contributed by atoms with E-state index in [1.165, 1.54) is 71.0 Å². The summed E-state index contributed by atoms with van der Waals surface area (Å²) in [6.07, 6.45) is 0. The highest BCUT2D eigenvalue weighted by Gasteiger charge is 2.25. The molecule has 47 heavy (non-hydrogen) atoms. The normalized spacial score (nSPS) is 11.4. The summed E-state index contributed by atoms with van der Waals surface area (Å²) in [5.74, 6) is 0. The van der Waals surface area contributed by atoms with Gasteiger partial charge < -0.3 is 4.90 Å². The van der Waals surface area contributed by atoms with Crippen molar-refractivity contribution >= 4 is 60.2 Å². The molecule has 0 aromatic heterocycles. The average molecular weight is 598 g/mol. The Morgan fingerprint density at radius 2 is 0.660 bits per heavy atom. The molecule has 0 aliphatic rings. The third-order valence-electron chi connectivity index (χ3n) is 9.42. The van der Waals surface area contributed by atoms with Crippen LogP contribution < -0.4 is 4.90 Å². The summed E-state index contributed by atoms with van der Waals surface area (Å²) in [5.41, 5.74) is 8.33. The molecule has 1 nitrogen and oxygen atoms in total. The van der Waals surface area contributed by atoms with Crippen molar-refractivity contribution in [2.75, 3.05) is 4.90 Å². The van der Waals surface area contributed by atoms with E-state index in [1.54, 1.807) is 0 Å². The van der Waals surface area contributed by atoms with Crippen molar-refractivity contribution in [3.8, 4) is 22.3 Å². The standard InChI is InChI=1S/C46H31N/c1-2-14-32(15-3-1)33-28-30-36(31-29-33)45-41-24-10-8-22-39(41)40-23-9-11-25-42(40)46(45)47(43-26-12-18-34-16-4-6-20-37(34)43)44-27-13-19-35-17-5-7-21-38(35)44/h1-31H. The first-order valence-corrected chi connectivity index (χ1v) is 16.2. The molecule has 0 amide bonds. The fourth-order valence-electron chi connectivity index (χ4n) is 7.28. The Morgan fingerprint density at radius 3 is 1.26 bits per heavy atom. The number of rotatable bonds is 5. The van der Waals surface area contributed by atoms with E-state index in [1.807, 2.05) is 0 Å². The third-order valence-corrected chi connectivity index (χ3v) is 9.42. The number of fused-ring (bicyclic) bond motifs is 5. The zero-order valence-electron chi connectivity index (χ0n) is 25.8. The van der Waals surface area contributed by atoms with Gasteiger partial charge in [-0.25, -0.2) is 0 Å². The van der Waals surface area contributed by atoms with Crippen molar-refractivity contribution in [1.29, 1.82) is 0 Å². The molecule has 0 heterocycles. The van der Waals surface area contributed by atoms with E-state index in [0.717, 1.165) is 11.4 Å². The second kappa shape index (κ2) is 11.3. The maximum absolute atomic E-state index is 2.53. The predicted octanol–water partition coefficient (Wildman–Crippen LogP) is 13.1. The minimum Gasteiger partial charge on any atom is -0.308 e. The van der Waals surface area contributed by atoms with Gasteiger partial charge in [0.05, 0.1) is 17.1 Å². The molecule has 0 radical (unpaired) electrons. The second-order valence-electron chi connectivity index (χ2n) is 12.1. The lowest BCUT2D eigenvalue weighted by Gasteiger charge is -2.32. The van der Waals surface area contributed by atoms with E-state index >= 15 is 0 Å². The molecule has 0 unspecified atom stereocenters. The van der Waals surface area contributed by atoms with Crippen LogP contribution in [0.4, 0.5) is 17.1 Å². The zero-order chi connectivity index (χ0) is 31.2. The van der Waals surface area contributed by atoms with Gasteiger partial charge in [-0.3, -0.25) is 0 Å². The second-order valence-corrected chi connectivity index (χ2v) is 12.1. The molecule has 0 atom stereocenters. The molecule has 0 spiro atoms. The lowest BCUT2D eigenvalue weighted by atomic mass is 9.89. The van der Waals surface area contributed by atoms with Crippen LogP contribution in [0.2, 0.25) is 0 Å².